The van der Waals surface area contributed by atoms with Gasteiger partial charge in [-0.1, -0.05) is 0 Å². The summed E-state index contributed by atoms with van der Waals surface area (Å²) >= 11 is 1.42. The Balaban J connectivity index is 1.77. The maximum absolute atomic E-state index is 12.9. The molecule has 0 aliphatic carbocycles. The van der Waals surface area contributed by atoms with Gasteiger partial charge in [0.2, 0.25) is 5.91 Å². The summed E-state index contributed by atoms with van der Waals surface area (Å²) in [5, 5.41) is 0. The van der Waals surface area contributed by atoms with Gasteiger partial charge in [0.25, 0.3) is 0 Å². The van der Waals surface area contributed by atoms with Gasteiger partial charge in [-0.2, -0.15) is 0 Å². The zero-order chi connectivity index (χ0) is 15.7. The molecule has 114 valence electrons. The zero-order valence-electron chi connectivity index (χ0n) is 12.3. The Morgan fingerprint density at radius 1 is 1.09 bits per heavy atom. The molecule has 22 heavy (non-hydrogen) atoms. The number of anilines is 3. The van der Waals surface area contributed by atoms with Gasteiger partial charge in [-0.05, 0) is 54.4 Å². The maximum atomic E-state index is 12.9. The van der Waals surface area contributed by atoms with Crippen LogP contribution in [0.15, 0.2) is 47.4 Å². The van der Waals surface area contributed by atoms with Crippen molar-refractivity contribution in [3.63, 3.8) is 0 Å². The number of carbonyl (C=O) groups excluding carboxylic acids is 1. The normalized spacial score (nSPS) is 14.0. The fourth-order valence-corrected chi connectivity index (χ4v) is 2.96. The average molecular weight is 317 g/mol. The molecule has 0 fully saturated rings. The van der Waals surface area contributed by atoms with Gasteiger partial charge >= 0.3 is 0 Å². The van der Waals surface area contributed by atoms with Gasteiger partial charge in [-0.25, -0.2) is 4.39 Å². The summed E-state index contributed by atoms with van der Waals surface area (Å²) in [6.07, 6.45) is 0. The zero-order valence-corrected chi connectivity index (χ0v) is 13.2. The van der Waals surface area contributed by atoms with Crippen LogP contribution in [0.25, 0.3) is 0 Å². The van der Waals surface area contributed by atoms with E-state index in [0.29, 0.717) is 6.54 Å². The first-order valence-electron chi connectivity index (χ1n) is 6.85. The lowest BCUT2D eigenvalue weighted by molar-refractivity contribution is -0.117. The molecule has 0 unspecified atom stereocenters. The van der Waals surface area contributed by atoms with Crippen molar-refractivity contribution >= 4 is 34.9 Å². The van der Waals surface area contributed by atoms with E-state index in [0.717, 1.165) is 22.0 Å². The summed E-state index contributed by atoms with van der Waals surface area (Å²) in [6.45, 7) is 0.373. The molecule has 0 atom stereocenters. The summed E-state index contributed by atoms with van der Waals surface area (Å²) in [5.41, 5.74) is 2.84. The molecule has 2 aromatic rings. The molecule has 1 N–H and O–H groups in total. The van der Waals surface area contributed by atoms with Gasteiger partial charge in [0.05, 0.1) is 17.9 Å². The molecule has 1 amide bonds. The Bertz CT molecular complexity index is 705. The highest BCUT2D eigenvalue weighted by atomic mass is 32.2. The molecule has 1 heterocycles. The molecule has 3 rings (SSSR count). The van der Waals surface area contributed by atoms with Crippen LogP contribution in [0.1, 0.15) is 0 Å². The summed E-state index contributed by atoms with van der Waals surface area (Å²) < 4.78 is 16.1. The van der Waals surface area contributed by atoms with Crippen LogP contribution in [0.2, 0.25) is 0 Å². The van der Waals surface area contributed by atoms with E-state index in [2.05, 4.69) is 4.72 Å². The number of hydrogen-bond acceptors (Lipinski definition) is 4. The van der Waals surface area contributed by atoms with E-state index < -0.39 is 0 Å². The molecule has 1 aliphatic heterocycles. The van der Waals surface area contributed by atoms with Crippen LogP contribution in [-0.4, -0.2) is 26.5 Å². The van der Waals surface area contributed by atoms with Crippen LogP contribution in [0.3, 0.4) is 0 Å². The highest BCUT2D eigenvalue weighted by Crippen LogP contribution is 2.35. The first kappa shape index (κ1) is 14.7. The van der Waals surface area contributed by atoms with Gasteiger partial charge in [0, 0.05) is 24.7 Å². The van der Waals surface area contributed by atoms with Crippen molar-refractivity contribution in [1.29, 1.82) is 0 Å². The largest absolute Gasteiger partial charge is 0.364 e. The van der Waals surface area contributed by atoms with Crippen molar-refractivity contribution in [1.82, 2.24) is 0 Å². The molecule has 1 aliphatic rings. The van der Waals surface area contributed by atoms with Crippen LogP contribution in [-0.2, 0) is 4.79 Å². The molecule has 0 saturated carbocycles. The van der Waals surface area contributed by atoms with Crippen LogP contribution in [0.5, 0.6) is 0 Å². The number of halogens is 1. The Morgan fingerprint density at radius 3 is 2.55 bits per heavy atom. The van der Waals surface area contributed by atoms with Crippen LogP contribution >= 0.6 is 11.9 Å². The first-order chi connectivity index (χ1) is 10.5. The second kappa shape index (κ2) is 5.88. The van der Waals surface area contributed by atoms with E-state index in [1.54, 1.807) is 24.1 Å². The molecule has 6 heteroatoms. The number of carbonyl (C=O) groups is 1. The standard InChI is InChI=1S/C16H16FN3OS/c1-19-10-16(21)20(2)14-8-5-12(9-15(14)19)18-22-13-6-3-11(17)4-7-13/h3-9,18H,10H2,1-2H3. The van der Waals surface area contributed by atoms with E-state index in [4.69, 9.17) is 0 Å². The Kier molecular flexibility index (Phi) is 3.94. The van der Waals surface area contributed by atoms with E-state index in [-0.39, 0.29) is 11.7 Å². The fraction of sp³-hybridized carbons (Fsp3) is 0.188. The van der Waals surface area contributed by atoms with E-state index in [9.17, 15) is 9.18 Å². The molecule has 0 bridgehead atoms. The summed E-state index contributed by atoms with van der Waals surface area (Å²) in [5.74, 6) is -0.163. The predicted molar refractivity (Wildman–Crippen MR) is 89.0 cm³/mol. The molecule has 0 radical (unpaired) electrons. The quantitative estimate of drug-likeness (QED) is 0.881. The monoisotopic (exact) mass is 317 g/mol. The van der Waals surface area contributed by atoms with Crippen molar-refractivity contribution in [2.45, 2.75) is 4.90 Å². The van der Waals surface area contributed by atoms with Crippen molar-refractivity contribution < 1.29 is 9.18 Å². The first-order valence-corrected chi connectivity index (χ1v) is 7.66. The predicted octanol–water partition coefficient (Wildman–Crippen LogP) is 3.36. The van der Waals surface area contributed by atoms with Gasteiger partial charge in [0.15, 0.2) is 0 Å². The lowest BCUT2D eigenvalue weighted by Crippen LogP contribution is -2.41. The number of fused-ring (bicyclic) bond motifs is 1. The van der Waals surface area contributed by atoms with Gasteiger partial charge < -0.3 is 14.5 Å². The fourth-order valence-electron chi connectivity index (χ4n) is 2.33. The molecule has 4 nitrogen and oxygen atoms in total. The molecule has 0 spiro atoms. The van der Waals surface area contributed by atoms with Crippen LogP contribution < -0.4 is 14.5 Å². The highest BCUT2D eigenvalue weighted by Gasteiger charge is 2.24. The third kappa shape index (κ3) is 2.87. The van der Waals surface area contributed by atoms with Crippen molar-refractivity contribution in [3.8, 4) is 0 Å². The van der Waals surface area contributed by atoms with Crippen LogP contribution in [0, 0.1) is 5.82 Å². The topological polar surface area (TPSA) is 35.6 Å². The van der Waals surface area contributed by atoms with Gasteiger partial charge in [0.1, 0.15) is 5.82 Å². The number of likely N-dealkylation sites (N-methyl/N-ethyl adjacent to an activating group) is 2. The minimum Gasteiger partial charge on any atom is -0.364 e. The third-order valence-corrected chi connectivity index (χ3v) is 4.44. The van der Waals surface area contributed by atoms with Crippen LogP contribution in [0.4, 0.5) is 21.5 Å². The smallest absolute Gasteiger partial charge is 0.246 e. The molecule has 0 saturated heterocycles. The number of nitrogens with zero attached hydrogens (tertiary/aromatic N) is 2. The molecule has 2 aromatic carbocycles. The summed E-state index contributed by atoms with van der Waals surface area (Å²) in [4.78, 5) is 16.4. The average Bonchev–Trinajstić information content (AvgIpc) is 2.52. The third-order valence-electron chi connectivity index (χ3n) is 3.59. The second-order valence-corrected chi connectivity index (χ2v) is 6.05. The molecular weight excluding hydrogens is 301 g/mol. The molecule has 0 aromatic heterocycles. The minimum absolute atomic E-state index is 0.0800. The van der Waals surface area contributed by atoms with Crippen molar-refractivity contribution in [3.05, 3.63) is 48.3 Å². The molecular formula is C16H16FN3OS. The Morgan fingerprint density at radius 2 is 1.82 bits per heavy atom. The maximum Gasteiger partial charge on any atom is 0.246 e. The number of nitrogens with one attached hydrogen (secondary N) is 1. The lowest BCUT2D eigenvalue weighted by atomic mass is 10.1. The second-order valence-electron chi connectivity index (χ2n) is 5.17. The van der Waals surface area contributed by atoms with Gasteiger partial charge in [-0.15, -0.1) is 0 Å². The summed E-state index contributed by atoms with van der Waals surface area (Å²) in [6, 6.07) is 12.2. The number of benzene rings is 2. The Labute approximate surface area is 133 Å². The van der Waals surface area contributed by atoms with Crippen molar-refractivity contribution in [2.75, 3.05) is 35.2 Å². The van der Waals surface area contributed by atoms with Crippen molar-refractivity contribution in [2.24, 2.45) is 0 Å². The highest BCUT2D eigenvalue weighted by molar-refractivity contribution is 8.00. The van der Waals surface area contributed by atoms with E-state index in [1.165, 1.54) is 24.1 Å². The lowest BCUT2D eigenvalue weighted by Gasteiger charge is -2.33. The number of hydrogen-bond donors (Lipinski definition) is 1. The number of rotatable bonds is 3. The minimum atomic E-state index is -0.243. The summed E-state index contributed by atoms with van der Waals surface area (Å²) in [7, 11) is 3.69. The van der Waals surface area contributed by atoms with E-state index >= 15 is 0 Å². The SMILES string of the molecule is CN1CC(=O)N(C)c2ccc(NSc3ccc(F)cc3)cc21. The van der Waals surface area contributed by atoms with Gasteiger partial charge in [-0.3, -0.25) is 4.79 Å². The number of amides is 1. The van der Waals surface area contributed by atoms with E-state index in [1.807, 2.05) is 30.1 Å². The Hall–Kier alpha value is -2.21.